The Morgan fingerprint density at radius 1 is 1.34 bits per heavy atom. The summed E-state index contributed by atoms with van der Waals surface area (Å²) in [4.78, 5) is 6.83. The van der Waals surface area contributed by atoms with Crippen LogP contribution in [0.2, 0.25) is 0 Å². The number of hydrogen-bond acceptors (Lipinski definition) is 4. The highest BCUT2D eigenvalue weighted by molar-refractivity contribution is 14.0. The van der Waals surface area contributed by atoms with Crippen LogP contribution in [0.1, 0.15) is 54.0 Å². The van der Waals surface area contributed by atoms with E-state index in [1.807, 2.05) is 25.7 Å². The number of ether oxygens (including phenoxy) is 1. The fourth-order valence-corrected chi connectivity index (χ4v) is 3.89. The topological polar surface area (TPSA) is 62.9 Å². The third-order valence-electron chi connectivity index (χ3n) is 5.38. The van der Waals surface area contributed by atoms with Gasteiger partial charge in [-0.15, -0.1) is 24.0 Å². The molecule has 2 heterocycles. The molecule has 6 nitrogen and oxygen atoms in total. The number of halogens is 4. The molecule has 3 rings (SSSR count). The maximum atomic E-state index is 13.1. The molecule has 0 aliphatic carbocycles. The molecule has 1 aromatic heterocycles. The first-order chi connectivity index (χ1) is 14.7. The Bertz CT molecular complexity index is 897. The van der Waals surface area contributed by atoms with Crippen LogP contribution in [0.15, 0.2) is 33.8 Å². The molecule has 2 unspecified atom stereocenters. The van der Waals surface area contributed by atoms with E-state index < -0.39 is 17.8 Å². The minimum atomic E-state index is -4.38. The summed E-state index contributed by atoms with van der Waals surface area (Å²) in [6.45, 7) is 10.5. The summed E-state index contributed by atoms with van der Waals surface area (Å²) in [5.41, 5.74) is 1.77. The van der Waals surface area contributed by atoms with Gasteiger partial charge in [0, 0.05) is 31.1 Å². The van der Waals surface area contributed by atoms with Gasteiger partial charge in [0.2, 0.25) is 0 Å². The van der Waals surface area contributed by atoms with Crippen molar-refractivity contribution in [1.29, 1.82) is 0 Å². The van der Waals surface area contributed by atoms with Crippen LogP contribution < -0.4 is 5.32 Å². The van der Waals surface area contributed by atoms with Crippen molar-refractivity contribution in [2.75, 3.05) is 32.8 Å². The van der Waals surface area contributed by atoms with Gasteiger partial charge in [-0.05, 0) is 38.5 Å². The van der Waals surface area contributed by atoms with Crippen molar-refractivity contribution in [1.82, 2.24) is 15.4 Å². The van der Waals surface area contributed by atoms with Crippen molar-refractivity contribution in [3.05, 3.63) is 52.4 Å². The highest BCUT2D eigenvalue weighted by Crippen LogP contribution is 2.32. The number of aromatic nitrogens is 1. The highest BCUT2D eigenvalue weighted by Gasteiger charge is 2.32. The molecule has 0 bridgehead atoms. The van der Waals surface area contributed by atoms with Gasteiger partial charge in [-0.3, -0.25) is 4.99 Å². The number of alkyl halides is 3. The van der Waals surface area contributed by atoms with Crippen molar-refractivity contribution in [2.24, 2.45) is 4.99 Å². The van der Waals surface area contributed by atoms with Crippen molar-refractivity contribution in [3.8, 4) is 0 Å². The lowest BCUT2D eigenvalue weighted by Crippen LogP contribution is -2.48. The summed E-state index contributed by atoms with van der Waals surface area (Å²) < 4.78 is 50.4. The lowest BCUT2D eigenvalue weighted by atomic mass is 10.00. The summed E-state index contributed by atoms with van der Waals surface area (Å²) in [7, 11) is 0. The number of aliphatic imine (C=N–C) groups is 1. The molecule has 1 aliphatic rings. The molecule has 1 N–H and O–H groups in total. The second-order valence-electron chi connectivity index (χ2n) is 7.76. The molecule has 0 radical (unpaired) electrons. The molecular formula is C22H30F3IN4O2. The number of morpholine rings is 1. The van der Waals surface area contributed by atoms with Crippen molar-refractivity contribution in [2.45, 2.75) is 45.9 Å². The standard InChI is InChI=1S/C22H29F3N4O2.HI/c1-5-26-21(27-12-14(2)20-15(3)28-31-16(20)4)29-9-10-30-19(13-29)17-7-6-8-18(11-17)22(23,24)25;/h6-8,11,14,19H,5,9-10,12-13H2,1-4H3,(H,26,27);1H. The third-order valence-corrected chi connectivity index (χ3v) is 5.38. The van der Waals surface area contributed by atoms with Gasteiger partial charge in [0.05, 0.1) is 24.4 Å². The predicted molar refractivity (Wildman–Crippen MR) is 127 cm³/mol. The molecule has 1 aliphatic heterocycles. The Morgan fingerprint density at radius 2 is 2.09 bits per heavy atom. The van der Waals surface area contributed by atoms with E-state index in [9.17, 15) is 13.2 Å². The minimum absolute atomic E-state index is 0. The molecule has 0 spiro atoms. The number of nitrogens with one attached hydrogen (secondary N) is 1. The van der Waals surface area contributed by atoms with E-state index in [2.05, 4.69) is 17.4 Å². The van der Waals surface area contributed by atoms with E-state index in [0.29, 0.717) is 38.3 Å². The van der Waals surface area contributed by atoms with Crippen molar-refractivity contribution < 1.29 is 22.4 Å². The minimum Gasteiger partial charge on any atom is -0.370 e. The third kappa shape index (κ3) is 6.37. The van der Waals surface area contributed by atoms with Crippen LogP contribution in [0.25, 0.3) is 0 Å². The van der Waals surface area contributed by atoms with E-state index in [1.54, 1.807) is 6.07 Å². The van der Waals surface area contributed by atoms with Crippen LogP contribution in [0, 0.1) is 13.8 Å². The first kappa shape index (κ1) is 26.4. The van der Waals surface area contributed by atoms with Gasteiger partial charge >= 0.3 is 6.18 Å². The van der Waals surface area contributed by atoms with Crippen LogP contribution in [0.3, 0.4) is 0 Å². The molecule has 10 heteroatoms. The number of hydrogen-bond donors (Lipinski definition) is 1. The Hall–Kier alpha value is -1.82. The van der Waals surface area contributed by atoms with Crippen LogP contribution in [-0.4, -0.2) is 48.8 Å². The number of rotatable bonds is 5. The van der Waals surface area contributed by atoms with Crippen molar-refractivity contribution in [3.63, 3.8) is 0 Å². The summed E-state index contributed by atoms with van der Waals surface area (Å²) >= 11 is 0. The normalized spacial score (nSPS) is 18.3. The quantitative estimate of drug-likeness (QED) is 0.311. The summed E-state index contributed by atoms with van der Waals surface area (Å²) in [6, 6.07) is 5.33. The Balaban J connectivity index is 0.00000363. The second kappa shape index (κ2) is 11.4. The van der Waals surface area contributed by atoms with Gasteiger partial charge in [-0.25, -0.2) is 0 Å². The van der Waals surface area contributed by atoms with E-state index in [1.165, 1.54) is 6.07 Å². The van der Waals surface area contributed by atoms with Crippen LogP contribution in [0.4, 0.5) is 13.2 Å². The van der Waals surface area contributed by atoms with E-state index in [-0.39, 0.29) is 29.9 Å². The maximum Gasteiger partial charge on any atom is 0.416 e. The first-order valence-electron chi connectivity index (χ1n) is 10.5. The number of benzene rings is 1. The van der Waals surface area contributed by atoms with E-state index in [4.69, 9.17) is 14.3 Å². The Morgan fingerprint density at radius 3 is 2.72 bits per heavy atom. The molecule has 2 atom stereocenters. The fourth-order valence-electron chi connectivity index (χ4n) is 3.89. The molecule has 0 amide bonds. The lowest BCUT2D eigenvalue weighted by molar-refractivity contribution is -0.137. The summed E-state index contributed by atoms with van der Waals surface area (Å²) in [6.07, 6.45) is -4.84. The monoisotopic (exact) mass is 566 g/mol. The number of aryl methyl sites for hydroxylation is 2. The van der Waals surface area contributed by atoms with Crippen LogP contribution in [-0.2, 0) is 10.9 Å². The molecule has 1 fully saturated rings. The fraction of sp³-hybridized carbons (Fsp3) is 0.545. The molecule has 1 aromatic carbocycles. The van der Waals surface area contributed by atoms with Crippen LogP contribution in [0.5, 0.6) is 0 Å². The largest absolute Gasteiger partial charge is 0.416 e. The van der Waals surface area contributed by atoms with E-state index >= 15 is 0 Å². The van der Waals surface area contributed by atoms with E-state index in [0.717, 1.165) is 35.1 Å². The molecule has 178 valence electrons. The average molecular weight is 566 g/mol. The SMILES string of the molecule is CCNC(=NCC(C)c1c(C)noc1C)N1CCOC(c2cccc(C(F)(F)F)c2)C1.I. The summed E-state index contributed by atoms with van der Waals surface area (Å²) in [5.74, 6) is 1.64. The smallest absolute Gasteiger partial charge is 0.370 e. The Kier molecular flexibility index (Phi) is 9.38. The lowest BCUT2D eigenvalue weighted by Gasteiger charge is -2.35. The molecular weight excluding hydrogens is 536 g/mol. The van der Waals surface area contributed by atoms with Crippen LogP contribution >= 0.6 is 24.0 Å². The maximum absolute atomic E-state index is 13.1. The molecule has 2 aromatic rings. The van der Waals surface area contributed by atoms with Crippen molar-refractivity contribution >= 4 is 29.9 Å². The first-order valence-corrected chi connectivity index (χ1v) is 10.5. The number of nitrogens with zero attached hydrogens (tertiary/aromatic N) is 3. The zero-order chi connectivity index (χ0) is 22.6. The molecule has 32 heavy (non-hydrogen) atoms. The number of guanidine groups is 1. The predicted octanol–water partition coefficient (Wildman–Crippen LogP) is 5.07. The van der Waals surface area contributed by atoms with Gasteiger partial charge in [-0.2, -0.15) is 13.2 Å². The molecule has 0 saturated carbocycles. The van der Waals surface area contributed by atoms with Gasteiger partial charge in [-0.1, -0.05) is 24.2 Å². The van der Waals surface area contributed by atoms with Gasteiger partial charge < -0.3 is 19.5 Å². The summed E-state index contributed by atoms with van der Waals surface area (Å²) in [5, 5.41) is 7.30. The van der Waals surface area contributed by atoms with Gasteiger partial charge in [0.1, 0.15) is 11.9 Å². The van der Waals surface area contributed by atoms with Gasteiger partial charge in [0.25, 0.3) is 0 Å². The molecule has 1 saturated heterocycles. The zero-order valence-corrected chi connectivity index (χ0v) is 21.0. The zero-order valence-electron chi connectivity index (χ0n) is 18.7. The second-order valence-corrected chi connectivity index (χ2v) is 7.76. The van der Waals surface area contributed by atoms with Gasteiger partial charge in [0.15, 0.2) is 5.96 Å². The highest BCUT2D eigenvalue weighted by atomic mass is 127. The average Bonchev–Trinajstić information content (AvgIpc) is 3.08. The Labute approximate surface area is 203 Å².